The number of benzene rings is 4. The highest BCUT2D eigenvalue weighted by atomic mass is 32.3. The van der Waals surface area contributed by atoms with Crippen LogP contribution in [0, 0.1) is 0 Å². The van der Waals surface area contributed by atoms with E-state index in [0.717, 1.165) is 48.5 Å². The van der Waals surface area contributed by atoms with Gasteiger partial charge in [-0.1, -0.05) is 0 Å². The highest BCUT2D eigenvalue weighted by molar-refractivity contribution is 7.92. The first-order valence-corrected chi connectivity index (χ1v) is 28.2. The minimum atomic E-state index is -5.42. The molecule has 4 aromatic rings. The Morgan fingerprint density at radius 2 is 0.797 bits per heavy atom. The van der Waals surface area contributed by atoms with E-state index in [1.165, 1.54) is 0 Å². The van der Waals surface area contributed by atoms with Crippen molar-refractivity contribution < 1.29 is 99.6 Å². The van der Waals surface area contributed by atoms with Gasteiger partial charge in [-0.2, -0.15) is 43.9 Å². The van der Waals surface area contributed by atoms with Gasteiger partial charge in [-0.3, -0.25) is 18.2 Å². The zero-order chi connectivity index (χ0) is 52.0. The maximum Gasteiger partial charge on any atom is 0.397 e. The normalized spacial score (nSPS) is 13.4. The molecule has 69 heavy (non-hydrogen) atoms. The van der Waals surface area contributed by atoms with Crippen LogP contribution in [0.3, 0.4) is 0 Å². The summed E-state index contributed by atoms with van der Waals surface area (Å²) in [4.78, 5) is 9.96. The van der Waals surface area contributed by atoms with Gasteiger partial charge in [-0.05, 0) is 66.7 Å². The summed E-state index contributed by atoms with van der Waals surface area (Å²) >= 11 is 0. The molecule has 0 unspecified atom stereocenters. The molecule has 0 radical (unpaired) electrons. The van der Waals surface area contributed by atoms with Gasteiger partial charge in [0.2, 0.25) is 0 Å². The van der Waals surface area contributed by atoms with Crippen molar-refractivity contribution >= 4 is 122 Å². The lowest BCUT2D eigenvalue weighted by molar-refractivity contribution is 0.0698. The maximum absolute atomic E-state index is 12.9. The van der Waals surface area contributed by atoms with Crippen LogP contribution in [-0.4, -0.2) is 125 Å². The second-order valence-corrected chi connectivity index (χ2v) is 23.9. The van der Waals surface area contributed by atoms with Gasteiger partial charge < -0.3 is 16.6 Å². The van der Waals surface area contributed by atoms with Crippen LogP contribution in [0.15, 0.2) is 117 Å². The van der Waals surface area contributed by atoms with E-state index >= 15 is 0 Å². The van der Waals surface area contributed by atoms with E-state index < -0.39 is 168 Å². The molecule has 9 N–H and O–H groups in total. The van der Waals surface area contributed by atoms with Gasteiger partial charge in [-0.25, -0.2) is 42.6 Å². The van der Waals surface area contributed by atoms with Crippen molar-refractivity contribution in [2.24, 2.45) is 30.7 Å². The first-order chi connectivity index (χ1) is 31.6. The predicted molar refractivity (Wildman–Crippen MR) is 233 cm³/mol. The first-order valence-electron chi connectivity index (χ1n) is 17.7. The molecule has 4 rings (SSSR count). The van der Waals surface area contributed by atoms with E-state index in [2.05, 4.69) is 43.2 Å². The van der Waals surface area contributed by atoms with Crippen LogP contribution in [0.1, 0.15) is 10.4 Å². The van der Waals surface area contributed by atoms with Crippen LogP contribution < -0.4 is 11.5 Å². The molecule has 31 nitrogen and oxygen atoms in total. The monoisotopic (exact) mass is 1110 g/mol. The van der Waals surface area contributed by atoms with E-state index in [0.29, 0.717) is 18.2 Å². The molecule has 0 heterocycles. The van der Waals surface area contributed by atoms with Crippen LogP contribution in [0.25, 0.3) is 0 Å². The molecule has 376 valence electrons. The van der Waals surface area contributed by atoms with Gasteiger partial charge in [0, 0.05) is 0 Å². The molecule has 0 bridgehead atoms. The maximum atomic E-state index is 12.9. The quantitative estimate of drug-likeness (QED) is 0.0319. The van der Waals surface area contributed by atoms with Crippen LogP contribution in [0.4, 0.5) is 45.5 Å². The number of anilines is 2. The fourth-order valence-corrected chi connectivity index (χ4v) is 10.3. The third-order valence-corrected chi connectivity index (χ3v) is 15.6. The van der Waals surface area contributed by atoms with Gasteiger partial charge in [0.1, 0.15) is 33.2 Å². The standard InChI is InChI=1S/C31H32N8O23S7/c32-26-28(37-34-18-1-5-20(6-2-18)63(42,43)14-11-60-67(51,52)53)25(31(40)41)29(27(33)30(26)39-35-19-3-7-21(8-4-19)64(44,45)15-12-61-68(54,55)56)38-36-23-10-9-22(17-24(23)66(48,49)50)65(46,47)16-13-62-69(57,58)59/h1-10,17H,11-16,32-33H2,(H,40,41)(H,48,49,50)(H,51,52,53)(H,54,55,56)(H,57,58,59)/b37-34?,38-36?,39-35-. The number of nitrogens with two attached hydrogens (primary N) is 2. The third-order valence-electron chi connectivity index (χ3n) is 8.21. The molecule has 0 amide bonds. The molecule has 0 aliphatic heterocycles. The Balaban J connectivity index is 1.87. The molecule has 0 spiro atoms. The Morgan fingerprint density at radius 1 is 0.464 bits per heavy atom. The Kier molecular flexibility index (Phi) is 17.3. The number of rotatable bonds is 23. The molecular formula is C31H32N8O23S7. The Labute approximate surface area is 390 Å². The summed E-state index contributed by atoms with van der Waals surface area (Å²) in [5.41, 5.74) is 6.42. The number of sulfone groups is 3. The van der Waals surface area contributed by atoms with Crippen molar-refractivity contribution in [3.63, 3.8) is 0 Å². The van der Waals surface area contributed by atoms with E-state index in [1.807, 2.05) is 0 Å². The molecule has 0 aromatic heterocycles. The molecule has 38 heteroatoms. The summed E-state index contributed by atoms with van der Waals surface area (Å²) in [7, 11) is -33.5. The number of carboxylic acids is 1. The van der Waals surface area contributed by atoms with E-state index in [9.17, 15) is 73.4 Å². The predicted octanol–water partition coefficient (Wildman–Crippen LogP) is 2.82. The topological polar surface area (TPSA) is 511 Å². The molecule has 0 atom stereocenters. The van der Waals surface area contributed by atoms with Crippen molar-refractivity contribution in [1.29, 1.82) is 0 Å². The number of carbonyl (C=O) groups is 1. The van der Waals surface area contributed by atoms with Crippen molar-refractivity contribution in [1.82, 2.24) is 0 Å². The number of nitrogen functional groups attached to an aromatic ring is 2. The fraction of sp³-hybridized carbons (Fsp3) is 0.194. The molecule has 0 saturated heterocycles. The number of hydrogen-bond donors (Lipinski definition) is 7. The number of azo groups is 3. The Hall–Kier alpha value is -5.88. The molecule has 0 fully saturated rings. The number of carboxylic acid groups (broad SMARTS) is 1. The van der Waals surface area contributed by atoms with Gasteiger partial charge >= 0.3 is 37.2 Å². The van der Waals surface area contributed by atoms with Crippen LogP contribution in [-0.2, 0) is 83.4 Å². The second-order valence-electron chi connectivity index (χ2n) is 13.0. The van der Waals surface area contributed by atoms with Crippen molar-refractivity contribution in [2.75, 3.05) is 48.5 Å². The average Bonchev–Trinajstić information content (AvgIpc) is 3.21. The summed E-state index contributed by atoms with van der Waals surface area (Å²) < 4.78 is 214. The highest BCUT2D eigenvalue weighted by Gasteiger charge is 2.28. The molecule has 4 aromatic carbocycles. The summed E-state index contributed by atoms with van der Waals surface area (Å²) in [6.07, 6.45) is 0. The van der Waals surface area contributed by atoms with Gasteiger partial charge in [0.25, 0.3) is 10.1 Å². The smallest absolute Gasteiger partial charge is 0.397 e. The molecule has 0 saturated carbocycles. The lowest BCUT2D eigenvalue weighted by Gasteiger charge is -2.13. The van der Waals surface area contributed by atoms with Gasteiger partial charge in [0.15, 0.2) is 29.5 Å². The van der Waals surface area contributed by atoms with Crippen LogP contribution in [0.5, 0.6) is 0 Å². The molecular weight excluding hydrogens is 1080 g/mol. The highest BCUT2D eigenvalue weighted by Crippen LogP contribution is 2.49. The minimum absolute atomic E-state index is 0.146. The summed E-state index contributed by atoms with van der Waals surface area (Å²) in [5.74, 6) is -4.87. The lowest BCUT2D eigenvalue weighted by Crippen LogP contribution is -2.16. The molecule has 0 aliphatic carbocycles. The summed E-state index contributed by atoms with van der Waals surface area (Å²) in [6, 6.07) is 9.92. The zero-order valence-corrected chi connectivity index (χ0v) is 39.6. The van der Waals surface area contributed by atoms with E-state index in [4.69, 9.17) is 25.1 Å². The minimum Gasteiger partial charge on any atom is -0.478 e. The van der Waals surface area contributed by atoms with Gasteiger partial charge in [-0.15, -0.1) is 20.5 Å². The average molecular weight is 1110 g/mol. The number of hydrogen-bond acceptors (Lipinski definition) is 26. The third kappa shape index (κ3) is 16.1. The lowest BCUT2D eigenvalue weighted by atomic mass is 10.1. The zero-order valence-electron chi connectivity index (χ0n) is 33.9. The van der Waals surface area contributed by atoms with Crippen LogP contribution >= 0.6 is 0 Å². The molecule has 0 aliphatic rings. The summed E-state index contributed by atoms with van der Waals surface area (Å²) in [5, 5.41) is 33.3. The van der Waals surface area contributed by atoms with E-state index in [1.54, 1.807) is 0 Å². The second kappa shape index (κ2) is 21.4. The van der Waals surface area contributed by atoms with Crippen molar-refractivity contribution in [2.45, 2.75) is 19.6 Å². The number of aromatic carboxylic acids is 1. The Morgan fingerprint density at radius 3 is 1.14 bits per heavy atom. The van der Waals surface area contributed by atoms with Crippen LogP contribution in [0.2, 0.25) is 0 Å². The van der Waals surface area contributed by atoms with Crippen molar-refractivity contribution in [3.8, 4) is 0 Å². The van der Waals surface area contributed by atoms with Crippen molar-refractivity contribution in [3.05, 3.63) is 72.3 Å². The van der Waals surface area contributed by atoms with Gasteiger partial charge in [0.05, 0.1) is 74.5 Å². The Bertz CT molecular complexity index is 3550. The first kappa shape index (κ1) is 55.7. The van der Waals surface area contributed by atoms with E-state index in [-0.39, 0.29) is 16.3 Å². The number of nitrogens with zero attached hydrogens (tertiary/aromatic N) is 6. The fourth-order valence-electron chi connectivity index (χ4n) is 5.11. The largest absolute Gasteiger partial charge is 0.478 e. The SMILES string of the molecule is Nc1c(N=Nc2ccc(S(=O)(=O)CCOS(=O)(=O)O)cc2)c(C(=O)O)c(N=Nc2ccc(S(=O)(=O)CCOS(=O)(=O)O)cc2S(=O)(=O)O)c(N)c1/N=N\c1ccc(S(=O)(=O)CCOS(=O)(=O)O)cc1. The summed E-state index contributed by atoms with van der Waals surface area (Å²) in [6.45, 7) is -3.03.